The highest BCUT2D eigenvalue weighted by Crippen LogP contribution is 2.34. The number of ether oxygens (including phenoxy) is 1. The second-order valence-corrected chi connectivity index (χ2v) is 7.62. The molecule has 1 aliphatic heterocycles. The fourth-order valence-corrected chi connectivity index (χ4v) is 3.46. The molecule has 174 valence electrons. The molecule has 12 heteroatoms. The van der Waals surface area contributed by atoms with Crippen LogP contribution < -0.4 is 0 Å². The molecule has 1 aliphatic carbocycles. The van der Waals surface area contributed by atoms with Crippen molar-refractivity contribution in [2.24, 2.45) is 5.92 Å². The van der Waals surface area contributed by atoms with Crippen LogP contribution in [0.3, 0.4) is 0 Å². The zero-order valence-electron chi connectivity index (χ0n) is 17.5. The first-order valence-electron chi connectivity index (χ1n) is 10.2. The van der Waals surface area contributed by atoms with Gasteiger partial charge in [0, 0.05) is 50.1 Å². The second-order valence-electron chi connectivity index (χ2n) is 7.62. The van der Waals surface area contributed by atoms with Crippen LogP contribution in [0.15, 0.2) is 24.8 Å². The standard InChI is InChI=1S/C18H23N5O2.C2HF3O2/c1-2-25-12-15-11-22(18(24)16-8-19-5-6-20-16)10-14-7-21-23(17(14)15)9-13-3-4-13;3-2(4,5)1(6)7/h5-8,13,15H,2-4,9-12H2,1H3;(H,6,7). The first kappa shape index (κ1) is 23.6. The first-order valence-corrected chi connectivity index (χ1v) is 10.2. The first-order chi connectivity index (χ1) is 15.2. The van der Waals surface area contributed by atoms with E-state index >= 15 is 0 Å². The molecule has 1 saturated carbocycles. The van der Waals surface area contributed by atoms with Crippen molar-refractivity contribution in [3.63, 3.8) is 0 Å². The smallest absolute Gasteiger partial charge is 0.475 e. The summed E-state index contributed by atoms with van der Waals surface area (Å²) in [5, 5.41) is 11.7. The predicted octanol–water partition coefficient (Wildman–Crippen LogP) is 2.49. The van der Waals surface area contributed by atoms with E-state index in [4.69, 9.17) is 14.6 Å². The summed E-state index contributed by atoms with van der Waals surface area (Å²) in [6, 6.07) is 0. The molecule has 3 heterocycles. The number of hydrogen-bond acceptors (Lipinski definition) is 6. The lowest BCUT2D eigenvalue weighted by Gasteiger charge is -2.33. The molecule has 1 atom stereocenters. The number of fused-ring (bicyclic) bond motifs is 1. The number of alkyl halides is 3. The lowest BCUT2D eigenvalue weighted by atomic mass is 9.96. The van der Waals surface area contributed by atoms with E-state index in [1.54, 1.807) is 12.4 Å². The number of rotatable bonds is 6. The number of carboxylic acid groups (broad SMARTS) is 1. The molecule has 0 saturated heterocycles. The summed E-state index contributed by atoms with van der Waals surface area (Å²) in [5.74, 6) is -1.94. The van der Waals surface area contributed by atoms with Gasteiger partial charge in [-0.05, 0) is 25.7 Å². The maximum absolute atomic E-state index is 12.8. The monoisotopic (exact) mass is 455 g/mol. The number of nitrogens with zero attached hydrogens (tertiary/aromatic N) is 5. The van der Waals surface area contributed by atoms with E-state index in [1.807, 2.05) is 18.0 Å². The van der Waals surface area contributed by atoms with Crippen LogP contribution in [0.4, 0.5) is 13.2 Å². The Bertz CT molecular complexity index is 931. The van der Waals surface area contributed by atoms with Crippen LogP contribution in [0.5, 0.6) is 0 Å². The van der Waals surface area contributed by atoms with Crippen LogP contribution in [0.1, 0.15) is 47.4 Å². The van der Waals surface area contributed by atoms with Crippen molar-refractivity contribution in [3.8, 4) is 0 Å². The molecule has 32 heavy (non-hydrogen) atoms. The zero-order chi connectivity index (χ0) is 23.3. The summed E-state index contributed by atoms with van der Waals surface area (Å²) in [4.78, 5) is 31.7. The molecule has 0 bridgehead atoms. The Hall–Kier alpha value is -3.02. The molecular formula is C20H24F3N5O4. The van der Waals surface area contributed by atoms with Crippen LogP contribution >= 0.6 is 0 Å². The second kappa shape index (κ2) is 10.1. The highest BCUT2D eigenvalue weighted by Gasteiger charge is 2.38. The zero-order valence-corrected chi connectivity index (χ0v) is 17.5. The molecule has 9 nitrogen and oxygen atoms in total. The van der Waals surface area contributed by atoms with Crippen LogP contribution in [0.25, 0.3) is 0 Å². The topological polar surface area (TPSA) is 110 Å². The molecule has 1 fully saturated rings. The molecule has 2 aliphatic rings. The number of halogens is 3. The largest absolute Gasteiger partial charge is 0.490 e. The minimum Gasteiger partial charge on any atom is -0.475 e. The Labute approximate surface area is 182 Å². The molecule has 1 unspecified atom stereocenters. The van der Waals surface area contributed by atoms with Gasteiger partial charge in [-0.3, -0.25) is 14.5 Å². The summed E-state index contributed by atoms with van der Waals surface area (Å²) in [5.41, 5.74) is 2.74. The predicted molar refractivity (Wildman–Crippen MR) is 105 cm³/mol. The molecular weight excluding hydrogens is 431 g/mol. The van der Waals surface area contributed by atoms with Crippen LogP contribution in [0, 0.1) is 5.92 Å². The molecule has 2 aromatic rings. The normalized spacial score (nSPS) is 17.9. The van der Waals surface area contributed by atoms with Crippen molar-refractivity contribution in [1.82, 2.24) is 24.6 Å². The summed E-state index contributed by atoms with van der Waals surface area (Å²) in [6.07, 6.45) is 4.06. The van der Waals surface area contributed by atoms with Gasteiger partial charge in [0.1, 0.15) is 5.69 Å². The fourth-order valence-electron chi connectivity index (χ4n) is 3.46. The molecule has 0 spiro atoms. The minimum absolute atomic E-state index is 0.0878. The summed E-state index contributed by atoms with van der Waals surface area (Å²) in [6.45, 7) is 5.44. The van der Waals surface area contributed by atoms with Crippen molar-refractivity contribution in [2.45, 2.75) is 44.9 Å². The highest BCUT2D eigenvalue weighted by atomic mass is 19.4. The van der Waals surface area contributed by atoms with Crippen LogP contribution in [-0.4, -0.2) is 67.6 Å². The van der Waals surface area contributed by atoms with E-state index in [9.17, 15) is 18.0 Å². The number of aliphatic carboxylic acids is 1. The summed E-state index contributed by atoms with van der Waals surface area (Å²) in [7, 11) is 0. The molecule has 1 N–H and O–H groups in total. The Morgan fingerprint density at radius 2 is 1.97 bits per heavy atom. The highest BCUT2D eigenvalue weighted by molar-refractivity contribution is 5.92. The molecule has 0 radical (unpaired) electrons. The van der Waals surface area contributed by atoms with Gasteiger partial charge >= 0.3 is 12.1 Å². The van der Waals surface area contributed by atoms with E-state index in [1.165, 1.54) is 24.7 Å². The Morgan fingerprint density at radius 1 is 1.25 bits per heavy atom. The number of carbonyl (C=O) groups is 2. The van der Waals surface area contributed by atoms with Crippen molar-refractivity contribution >= 4 is 11.9 Å². The van der Waals surface area contributed by atoms with Gasteiger partial charge in [-0.25, -0.2) is 9.78 Å². The van der Waals surface area contributed by atoms with Crippen LogP contribution in [-0.2, 0) is 22.6 Å². The van der Waals surface area contributed by atoms with Gasteiger partial charge in [0.05, 0.1) is 24.7 Å². The van der Waals surface area contributed by atoms with Crippen LogP contribution in [0.2, 0.25) is 0 Å². The third-order valence-electron chi connectivity index (χ3n) is 5.11. The van der Waals surface area contributed by atoms with E-state index in [-0.39, 0.29) is 11.8 Å². The van der Waals surface area contributed by atoms with Gasteiger partial charge in [-0.1, -0.05) is 0 Å². The maximum Gasteiger partial charge on any atom is 0.490 e. The third kappa shape index (κ3) is 6.02. The van der Waals surface area contributed by atoms with Crippen molar-refractivity contribution in [3.05, 3.63) is 41.7 Å². The molecule has 0 aromatic carbocycles. The minimum atomic E-state index is -5.08. The van der Waals surface area contributed by atoms with Crippen molar-refractivity contribution < 1.29 is 32.6 Å². The average molecular weight is 455 g/mol. The Kier molecular flexibility index (Phi) is 7.44. The van der Waals surface area contributed by atoms with Crippen molar-refractivity contribution in [2.75, 3.05) is 19.8 Å². The number of hydrogen-bond donors (Lipinski definition) is 1. The lowest BCUT2D eigenvalue weighted by molar-refractivity contribution is -0.192. The quantitative estimate of drug-likeness (QED) is 0.713. The van der Waals surface area contributed by atoms with E-state index < -0.39 is 12.1 Å². The van der Waals surface area contributed by atoms with Gasteiger partial charge < -0.3 is 14.7 Å². The Morgan fingerprint density at radius 3 is 2.53 bits per heavy atom. The van der Waals surface area contributed by atoms with Gasteiger partial charge in [-0.15, -0.1) is 0 Å². The maximum atomic E-state index is 12.8. The fraction of sp³-hybridized carbons (Fsp3) is 0.550. The average Bonchev–Trinajstić information content (AvgIpc) is 3.50. The summed E-state index contributed by atoms with van der Waals surface area (Å²) < 4.78 is 39.6. The van der Waals surface area contributed by atoms with Gasteiger partial charge in [0.25, 0.3) is 5.91 Å². The lowest BCUT2D eigenvalue weighted by Crippen LogP contribution is -2.40. The van der Waals surface area contributed by atoms with Crippen molar-refractivity contribution in [1.29, 1.82) is 0 Å². The van der Waals surface area contributed by atoms with E-state index in [0.29, 0.717) is 32.0 Å². The third-order valence-corrected chi connectivity index (χ3v) is 5.11. The number of amides is 1. The van der Waals surface area contributed by atoms with Gasteiger partial charge in [0.15, 0.2) is 0 Å². The Balaban J connectivity index is 0.000000360. The SMILES string of the molecule is CCOCC1CN(C(=O)c2cnccn2)Cc2cnn(CC3CC3)c21.O=C(O)C(F)(F)F. The van der Waals surface area contributed by atoms with Gasteiger partial charge in [-0.2, -0.15) is 18.3 Å². The number of aromatic nitrogens is 4. The molecule has 1 amide bonds. The van der Waals surface area contributed by atoms with E-state index in [2.05, 4.69) is 19.7 Å². The van der Waals surface area contributed by atoms with Gasteiger partial charge in [0.2, 0.25) is 0 Å². The number of carboxylic acids is 1. The number of carbonyl (C=O) groups excluding carboxylic acids is 1. The van der Waals surface area contributed by atoms with E-state index in [0.717, 1.165) is 18.0 Å². The molecule has 2 aromatic heterocycles. The molecule has 4 rings (SSSR count). The summed E-state index contributed by atoms with van der Waals surface area (Å²) >= 11 is 0.